The van der Waals surface area contributed by atoms with Crippen molar-refractivity contribution in [2.75, 3.05) is 0 Å². The third-order valence-electron chi connectivity index (χ3n) is 2.92. The van der Waals surface area contributed by atoms with E-state index in [1.165, 1.54) is 0 Å². The van der Waals surface area contributed by atoms with Gasteiger partial charge in [-0.2, -0.15) is 0 Å². The molecule has 2 aromatic rings. The number of carbonyl (C=O) groups is 1. The Hall–Kier alpha value is -2.93. The van der Waals surface area contributed by atoms with Gasteiger partial charge in [-0.25, -0.2) is 0 Å². The summed E-state index contributed by atoms with van der Waals surface area (Å²) in [4.78, 5) is 11.6. The summed E-state index contributed by atoms with van der Waals surface area (Å²) in [5.74, 6) is -0.0320. The molecule has 0 aliphatic carbocycles. The van der Waals surface area contributed by atoms with Crippen molar-refractivity contribution >= 4 is 17.9 Å². The summed E-state index contributed by atoms with van der Waals surface area (Å²) in [5.41, 5.74) is 2.22. The zero-order valence-corrected chi connectivity index (χ0v) is 12.3. The van der Waals surface area contributed by atoms with Crippen molar-refractivity contribution in [2.45, 2.75) is 0 Å². The average Bonchev–Trinajstić information content (AvgIpc) is 2.57. The first kappa shape index (κ1) is 15.5. The van der Waals surface area contributed by atoms with E-state index in [4.69, 9.17) is 0 Å². The van der Waals surface area contributed by atoms with Crippen molar-refractivity contribution in [1.29, 1.82) is 0 Å². The van der Waals surface area contributed by atoms with Crippen LogP contribution in [0.4, 0.5) is 0 Å². The van der Waals surface area contributed by atoms with Crippen LogP contribution in [-0.2, 0) is 4.79 Å². The Labute approximate surface area is 131 Å². The molecule has 0 N–H and O–H groups in total. The fourth-order valence-electron chi connectivity index (χ4n) is 1.82. The molecule has 0 heterocycles. The van der Waals surface area contributed by atoms with Crippen molar-refractivity contribution in [1.82, 2.24) is 0 Å². The van der Waals surface area contributed by atoms with E-state index in [0.717, 1.165) is 11.1 Å². The van der Waals surface area contributed by atoms with E-state index in [-0.39, 0.29) is 5.78 Å². The van der Waals surface area contributed by atoms with Gasteiger partial charge in [-0.1, -0.05) is 97.1 Å². The number of carbonyl (C=O) groups excluding carboxylic acids is 1. The number of ketones is 1. The second kappa shape index (κ2) is 9.09. The lowest BCUT2D eigenvalue weighted by Crippen LogP contribution is -1.82. The molecular weight excluding hydrogens is 268 g/mol. The van der Waals surface area contributed by atoms with E-state index in [2.05, 4.69) is 0 Å². The van der Waals surface area contributed by atoms with E-state index in [0.29, 0.717) is 0 Å². The smallest absolute Gasteiger partial charge is 0.178 e. The summed E-state index contributed by atoms with van der Waals surface area (Å²) >= 11 is 0. The number of allylic oxidation sites excluding steroid dienone is 6. The molecular formula is C21H18O. The van der Waals surface area contributed by atoms with Crippen molar-refractivity contribution < 1.29 is 4.79 Å². The standard InChI is InChI=1S/C21H18O/c22-21(17-9-7-15-19-11-3-1-4-12-19)18-10-8-16-20-13-5-2-6-14-20/h1-18H/b15-7+,16-8?,17-9+,18-10?. The monoisotopic (exact) mass is 286 g/mol. The third kappa shape index (κ3) is 6.02. The highest BCUT2D eigenvalue weighted by Gasteiger charge is 1.86. The molecule has 0 aliphatic rings. The lowest BCUT2D eigenvalue weighted by atomic mass is 10.2. The highest BCUT2D eigenvalue weighted by atomic mass is 16.1. The summed E-state index contributed by atoms with van der Waals surface area (Å²) in [6.45, 7) is 0. The SMILES string of the molecule is O=C(C=CC=Cc1ccccc1)/C=C/C=C/c1ccccc1. The molecule has 0 saturated carbocycles. The highest BCUT2D eigenvalue weighted by molar-refractivity contribution is 5.99. The normalized spacial score (nSPS) is 12.0. The summed E-state index contributed by atoms with van der Waals surface area (Å²) in [6, 6.07) is 19.9. The second-order valence-electron chi connectivity index (χ2n) is 4.66. The van der Waals surface area contributed by atoms with Crippen LogP contribution in [0, 0.1) is 0 Å². The first-order valence-electron chi connectivity index (χ1n) is 7.18. The molecule has 0 atom stereocenters. The molecule has 0 saturated heterocycles. The molecule has 0 spiro atoms. The van der Waals surface area contributed by atoms with Crippen molar-refractivity contribution in [2.24, 2.45) is 0 Å². The van der Waals surface area contributed by atoms with E-state index < -0.39 is 0 Å². The summed E-state index contributed by atoms with van der Waals surface area (Å²) in [5, 5.41) is 0. The molecule has 2 rings (SSSR count). The van der Waals surface area contributed by atoms with Crippen LogP contribution >= 0.6 is 0 Å². The summed E-state index contributed by atoms with van der Waals surface area (Å²) in [6.07, 6.45) is 14.2. The molecule has 0 aromatic heterocycles. The zero-order valence-electron chi connectivity index (χ0n) is 12.3. The fourth-order valence-corrected chi connectivity index (χ4v) is 1.82. The zero-order chi connectivity index (χ0) is 15.5. The van der Waals surface area contributed by atoms with Gasteiger partial charge in [-0.3, -0.25) is 4.79 Å². The average molecular weight is 286 g/mol. The van der Waals surface area contributed by atoms with E-state index in [9.17, 15) is 4.79 Å². The van der Waals surface area contributed by atoms with Crippen molar-refractivity contribution in [3.63, 3.8) is 0 Å². The maximum Gasteiger partial charge on any atom is 0.178 e. The van der Waals surface area contributed by atoms with Crippen LogP contribution in [0.1, 0.15) is 11.1 Å². The molecule has 0 fully saturated rings. The first-order chi connectivity index (χ1) is 10.8. The minimum atomic E-state index is -0.0320. The lowest BCUT2D eigenvalue weighted by Gasteiger charge is -1.88. The Kier molecular flexibility index (Phi) is 6.39. The third-order valence-corrected chi connectivity index (χ3v) is 2.92. The Morgan fingerprint density at radius 3 is 1.41 bits per heavy atom. The lowest BCUT2D eigenvalue weighted by molar-refractivity contribution is -0.110. The largest absolute Gasteiger partial charge is 0.290 e. The van der Waals surface area contributed by atoms with Crippen LogP contribution in [0.2, 0.25) is 0 Å². The van der Waals surface area contributed by atoms with Gasteiger partial charge in [0, 0.05) is 0 Å². The topological polar surface area (TPSA) is 17.1 Å². The van der Waals surface area contributed by atoms with E-state index in [1.807, 2.05) is 85.0 Å². The van der Waals surface area contributed by atoms with Gasteiger partial charge >= 0.3 is 0 Å². The number of benzene rings is 2. The summed E-state index contributed by atoms with van der Waals surface area (Å²) in [7, 11) is 0. The maximum atomic E-state index is 11.6. The molecule has 22 heavy (non-hydrogen) atoms. The van der Waals surface area contributed by atoms with Crippen LogP contribution in [0.25, 0.3) is 12.2 Å². The van der Waals surface area contributed by atoms with Crippen LogP contribution in [0.15, 0.2) is 97.1 Å². The van der Waals surface area contributed by atoms with Gasteiger partial charge in [-0.05, 0) is 23.3 Å². The fraction of sp³-hybridized carbons (Fsp3) is 0. The minimum Gasteiger partial charge on any atom is -0.290 e. The van der Waals surface area contributed by atoms with Gasteiger partial charge in [0.2, 0.25) is 0 Å². The van der Waals surface area contributed by atoms with Crippen LogP contribution < -0.4 is 0 Å². The van der Waals surface area contributed by atoms with Crippen molar-refractivity contribution in [3.05, 3.63) is 108 Å². The Morgan fingerprint density at radius 1 is 0.591 bits per heavy atom. The Morgan fingerprint density at radius 2 is 1.00 bits per heavy atom. The van der Waals surface area contributed by atoms with Gasteiger partial charge < -0.3 is 0 Å². The van der Waals surface area contributed by atoms with Gasteiger partial charge in [0.1, 0.15) is 0 Å². The first-order valence-corrected chi connectivity index (χ1v) is 7.18. The number of hydrogen-bond acceptors (Lipinski definition) is 1. The molecule has 0 unspecified atom stereocenters. The van der Waals surface area contributed by atoms with Crippen LogP contribution in [-0.4, -0.2) is 5.78 Å². The predicted molar refractivity (Wildman–Crippen MR) is 94.2 cm³/mol. The van der Waals surface area contributed by atoms with E-state index in [1.54, 1.807) is 24.3 Å². The Bertz CT molecular complexity index is 628. The molecule has 108 valence electrons. The summed E-state index contributed by atoms with van der Waals surface area (Å²) < 4.78 is 0. The van der Waals surface area contributed by atoms with Gasteiger partial charge in [0.05, 0.1) is 0 Å². The van der Waals surface area contributed by atoms with Crippen LogP contribution in [0.3, 0.4) is 0 Å². The highest BCUT2D eigenvalue weighted by Crippen LogP contribution is 2.02. The molecule has 0 aliphatic heterocycles. The predicted octanol–water partition coefficient (Wildman–Crippen LogP) is 5.09. The van der Waals surface area contributed by atoms with E-state index >= 15 is 0 Å². The number of hydrogen-bond donors (Lipinski definition) is 0. The maximum absolute atomic E-state index is 11.6. The van der Waals surface area contributed by atoms with Gasteiger partial charge in [0.25, 0.3) is 0 Å². The number of rotatable bonds is 6. The molecule has 1 heteroatoms. The molecule has 0 bridgehead atoms. The van der Waals surface area contributed by atoms with Crippen LogP contribution in [0.5, 0.6) is 0 Å². The molecule has 0 radical (unpaired) electrons. The molecule has 1 nitrogen and oxygen atoms in total. The Balaban J connectivity index is 1.80. The van der Waals surface area contributed by atoms with Gasteiger partial charge in [0.15, 0.2) is 5.78 Å². The quantitative estimate of drug-likeness (QED) is 0.533. The second-order valence-corrected chi connectivity index (χ2v) is 4.66. The molecule has 2 aromatic carbocycles. The van der Waals surface area contributed by atoms with Gasteiger partial charge in [-0.15, -0.1) is 0 Å². The minimum absolute atomic E-state index is 0.0320. The van der Waals surface area contributed by atoms with Crippen molar-refractivity contribution in [3.8, 4) is 0 Å². The molecule has 0 amide bonds.